The van der Waals surface area contributed by atoms with Gasteiger partial charge in [0.15, 0.2) is 0 Å². The molecule has 0 aromatic carbocycles. The van der Waals surface area contributed by atoms with Crippen LogP contribution in [0.3, 0.4) is 0 Å². The maximum absolute atomic E-state index is 11.8. The first-order chi connectivity index (χ1) is 8.43. The quantitative estimate of drug-likeness (QED) is 0.651. The standard InChI is InChI=1S/C13H24N2O3/c1-4-10(8(2)3)14-13(18)15-11(7-12(16)17)9-5-6-9/h8-11H,4-7H2,1-3H3,(H,16,17)(H2,14,15,18). The summed E-state index contributed by atoms with van der Waals surface area (Å²) in [5.74, 6) is -0.145. The third-order valence-electron chi connectivity index (χ3n) is 3.46. The van der Waals surface area contributed by atoms with Crippen LogP contribution in [0.15, 0.2) is 0 Å². The topological polar surface area (TPSA) is 78.4 Å². The number of nitrogens with one attached hydrogen (secondary N) is 2. The van der Waals surface area contributed by atoms with Crippen LogP contribution in [0, 0.1) is 11.8 Å². The molecule has 0 aliphatic heterocycles. The van der Waals surface area contributed by atoms with Crippen molar-refractivity contribution in [1.82, 2.24) is 10.6 Å². The highest BCUT2D eigenvalue weighted by molar-refractivity contribution is 5.76. The summed E-state index contributed by atoms with van der Waals surface area (Å²) in [4.78, 5) is 22.6. The molecule has 2 amide bonds. The van der Waals surface area contributed by atoms with E-state index in [2.05, 4.69) is 24.5 Å². The number of carbonyl (C=O) groups is 2. The summed E-state index contributed by atoms with van der Waals surface area (Å²) in [5, 5.41) is 14.5. The summed E-state index contributed by atoms with van der Waals surface area (Å²) >= 11 is 0. The molecule has 0 spiro atoms. The number of hydrogen-bond donors (Lipinski definition) is 3. The molecule has 0 aromatic heterocycles. The molecule has 104 valence electrons. The monoisotopic (exact) mass is 256 g/mol. The van der Waals surface area contributed by atoms with Gasteiger partial charge in [-0.1, -0.05) is 20.8 Å². The molecular weight excluding hydrogens is 232 g/mol. The second-order valence-electron chi connectivity index (χ2n) is 5.42. The van der Waals surface area contributed by atoms with Crippen LogP contribution in [0.2, 0.25) is 0 Å². The zero-order valence-electron chi connectivity index (χ0n) is 11.4. The number of amides is 2. The van der Waals surface area contributed by atoms with Crippen LogP contribution in [-0.4, -0.2) is 29.2 Å². The smallest absolute Gasteiger partial charge is 0.315 e. The second-order valence-corrected chi connectivity index (χ2v) is 5.42. The lowest BCUT2D eigenvalue weighted by molar-refractivity contribution is -0.137. The Labute approximate surface area is 108 Å². The number of carboxylic acids is 1. The van der Waals surface area contributed by atoms with E-state index in [4.69, 9.17) is 5.11 Å². The van der Waals surface area contributed by atoms with Crippen molar-refractivity contribution in [3.63, 3.8) is 0 Å². The SMILES string of the molecule is CCC(NC(=O)NC(CC(=O)O)C1CC1)C(C)C. The van der Waals surface area contributed by atoms with Crippen molar-refractivity contribution in [2.24, 2.45) is 11.8 Å². The Morgan fingerprint density at radius 1 is 1.28 bits per heavy atom. The second kappa shape index (κ2) is 6.61. The molecule has 3 N–H and O–H groups in total. The Morgan fingerprint density at radius 3 is 2.28 bits per heavy atom. The van der Waals surface area contributed by atoms with Gasteiger partial charge in [0, 0.05) is 12.1 Å². The summed E-state index contributed by atoms with van der Waals surface area (Å²) in [5.41, 5.74) is 0. The third kappa shape index (κ3) is 4.94. The molecule has 1 aliphatic carbocycles. The molecule has 18 heavy (non-hydrogen) atoms. The molecule has 1 rings (SSSR count). The minimum atomic E-state index is -0.858. The Balaban J connectivity index is 2.43. The number of urea groups is 1. The van der Waals surface area contributed by atoms with E-state index < -0.39 is 5.97 Å². The number of carboxylic acid groups (broad SMARTS) is 1. The normalized spacial score (nSPS) is 18.2. The number of aliphatic carboxylic acids is 1. The van der Waals surface area contributed by atoms with Gasteiger partial charge in [0.1, 0.15) is 0 Å². The van der Waals surface area contributed by atoms with Crippen LogP contribution in [0.25, 0.3) is 0 Å². The van der Waals surface area contributed by atoms with Crippen LogP contribution in [0.5, 0.6) is 0 Å². The summed E-state index contributed by atoms with van der Waals surface area (Å²) < 4.78 is 0. The molecule has 0 bridgehead atoms. The van der Waals surface area contributed by atoms with E-state index in [9.17, 15) is 9.59 Å². The average Bonchev–Trinajstić information content (AvgIpc) is 3.07. The summed E-state index contributed by atoms with van der Waals surface area (Å²) in [7, 11) is 0. The van der Waals surface area contributed by atoms with Gasteiger partial charge in [0.25, 0.3) is 0 Å². The molecule has 0 saturated heterocycles. The largest absolute Gasteiger partial charge is 0.481 e. The lowest BCUT2D eigenvalue weighted by atomic mass is 10.0. The van der Waals surface area contributed by atoms with Crippen molar-refractivity contribution in [1.29, 1.82) is 0 Å². The van der Waals surface area contributed by atoms with Crippen LogP contribution in [-0.2, 0) is 4.79 Å². The number of carbonyl (C=O) groups excluding carboxylic acids is 1. The van der Waals surface area contributed by atoms with E-state index in [1.165, 1.54) is 0 Å². The molecule has 2 atom stereocenters. The van der Waals surface area contributed by atoms with Gasteiger partial charge in [0.2, 0.25) is 0 Å². The van der Waals surface area contributed by atoms with Gasteiger partial charge in [-0.25, -0.2) is 4.79 Å². The minimum Gasteiger partial charge on any atom is -0.481 e. The Hall–Kier alpha value is -1.26. The Morgan fingerprint density at radius 2 is 1.89 bits per heavy atom. The first kappa shape index (κ1) is 14.8. The zero-order chi connectivity index (χ0) is 13.7. The Kier molecular flexibility index (Phi) is 5.44. The van der Waals surface area contributed by atoms with E-state index in [1.807, 2.05) is 6.92 Å². The third-order valence-corrected chi connectivity index (χ3v) is 3.46. The lowest BCUT2D eigenvalue weighted by Crippen LogP contribution is -2.48. The highest BCUT2D eigenvalue weighted by Crippen LogP contribution is 2.33. The number of rotatable bonds is 7. The molecule has 5 heteroatoms. The average molecular weight is 256 g/mol. The van der Waals surface area contributed by atoms with Gasteiger partial charge >= 0.3 is 12.0 Å². The summed E-state index contributed by atoms with van der Waals surface area (Å²) in [6.07, 6.45) is 2.91. The first-order valence-corrected chi connectivity index (χ1v) is 6.72. The summed E-state index contributed by atoms with van der Waals surface area (Å²) in [6, 6.07) is -0.337. The van der Waals surface area contributed by atoms with Gasteiger partial charge in [-0.2, -0.15) is 0 Å². The maximum atomic E-state index is 11.8. The molecule has 1 aliphatic rings. The van der Waals surface area contributed by atoms with Crippen LogP contribution < -0.4 is 10.6 Å². The van der Waals surface area contributed by atoms with Gasteiger partial charge in [0.05, 0.1) is 6.42 Å². The van der Waals surface area contributed by atoms with Gasteiger partial charge in [-0.15, -0.1) is 0 Å². The van der Waals surface area contributed by atoms with Crippen molar-refractivity contribution < 1.29 is 14.7 Å². The lowest BCUT2D eigenvalue weighted by Gasteiger charge is -2.23. The van der Waals surface area contributed by atoms with E-state index in [1.54, 1.807) is 0 Å². The van der Waals surface area contributed by atoms with Crippen molar-refractivity contribution in [3.05, 3.63) is 0 Å². The Bertz CT molecular complexity index is 301. The molecule has 0 heterocycles. The first-order valence-electron chi connectivity index (χ1n) is 6.72. The van der Waals surface area contributed by atoms with Crippen LogP contribution in [0.4, 0.5) is 4.79 Å². The molecule has 1 saturated carbocycles. The molecule has 5 nitrogen and oxygen atoms in total. The van der Waals surface area contributed by atoms with Crippen LogP contribution >= 0.6 is 0 Å². The molecule has 0 radical (unpaired) electrons. The van der Waals surface area contributed by atoms with Crippen molar-refractivity contribution >= 4 is 12.0 Å². The van der Waals surface area contributed by atoms with E-state index in [0.717, 1.165) is 19.3 Å². The van der Waals surface area contributed by atoms with Crippen molar-refractivity contribution in [2.75, 3.05) is 0 Å². The van der Waals surface area contributed by atoms with Crippen molar-refractivity contribution in [2.45, 2.75) is 58.5 Å². The fourth-order valence-corrected chi connectivity index (χ4v) is 2.14. The van der Waals surface area contributed by atoms with E-state index in [0.29, 0.717) is 11.8 Å². The van der Waals surface area contributed by atoms with Crippen LogP contribution in [0.1, 0.15) is 46.5 Å². The molecular formula is C13H24N2O3. The number of hydrogen-bond acceptors (Lipinski definition) is 2. The fraction of sp³-hybridized carbons (Fsp3) is 0.846. The summed E-state index contributed by atoms with van der Waals surface area (Å²) in [6.45, 7) is 6.15. The zero-order valence-corrected chi connectivity index (χ0v) is 11.4. The van der Waals surface area contributed by atoms with Gasteiger partial charge < -0.3 is 15.7 Å². The molecule has 0 aromatic rings. The maximum Gasteiger partial charge on any atom is 0.315 e. The fourth-order valence-electron chi connectivity index (χ4n) is 2.14. The minimum absolute atomic E-state index is 0.0105. The highest BCUT2D eigenvalue weighted by Gasteiger charge is 2.34. The van der Waals surface area contributed by atoms with Gasteiger partial charge in [-0.3, -0.25) is 4.79 Å². The van der Waals surface area contributed by atoms with Crippen molar-refractivity contribution in [3.8, 4) is 0 Å². The highest BCUT2D eigenvalue weighted by atomic mass is 16.4. The van der Waals surface area contributed by atoms with E-state index in [-0.39, 0.29) is 24.5 Å². The predicted octanol–water partition coefficient (Wildman–Crippen LogP) is 1.97. The predicted molar refractivity (Wildman–Crippen MR) is 69.3 cm³/mol. The van der Waals surface area contributed by atoms with E-state index >= 15 is 0 Å². The molecule has 1 fully saturated rings. The van der Waals surface area contributed by atoms with Gasteiger partial charge in [-0.05, 0) is 31.1 Å². The molecule has 2 unspecified atom stereocenters.